The highest BCUT2D eigenvalue weighted by molar-refractivity contribution is 5.10. The fourth-order valence-electron chi connectivity index (χ4n) is 2.46. The number of hydrogen-bond acceptors (Lipinski definition) is 0. The number of hydrogen-bond donors (Lipinski definition) is 0. The van der Waals surface area contributed by atoms with E-state index in [9.17, 15) is 0 Å². The summed E-state index contributed by atoms with van der Waals surface area (Å²) in [5.41, 5.74) is 1.53. The molecule has 0 heteroatoms. The molecule has 118 valence electrons. The standard InChI is InChI=1S/C20H38/c1-4-6-8-9-10-11-12-13-14-15-17-19-20(3)18-16-7-5-2/h15,17,19H,4-14,16,18H2,1-3H3/b17-15+,20-19-. The van der Waals surface area contributed by atoms with E-state index in [1.165, 1.54) is 89.0 Å². The van der Waals surface area contributed by atoms with Gasteiger partial charge in [0, 0.05) is 0 Å². The second-order valence-electron chi connectivity index (χ2n) is 6.16. The molecular formula is C20H38. The molecule has 0 rings (SSSR count). The average molecular weight is 279 g/mol. The topological polar surface area (TPSA) is 0 Å². The van der Waals surface area contributed by atoms with Crippen LogP contribution in [0.1, 0.15) is 104 Å². The summed E-state index contributed by atoms with van der Waals surface area (Å²) >= 11 is 0. The maximum Gasteiger partial charge on any atom is -0.0320 e. The Labute approximate surface area is 128 Å². The summed E-state index contributed by atoms with van der Waals surface area (Å²) in [6.07, 6.45) is 24.8. The van der Waals surface area contributed by atoms with Gasteiger partial charge >= 0.3 is 0 Å². The third-order valence-corrected chi connectivity index (χ3v) is 3.92. The molecule has 0 saturated carbocycles. The van der Waals surface area contributed by atoms with Gasteiger partial charge in [-0.2, -0.15) is 0 Å². The molecule has 0 amide bonds. The van der Waals surface area contributed by atoms with E-state index >= 15 is 0 Å². The van der Waals surface area contributed by atoms with E-state index in [0.29, 0.717) is 0 Å². The van der Waals surface area contributed by atoms with Crippen LogP contribution < -0.4 is 0 Å². The van der Waals surface area contributed by atoms with Gasteiger partial charge in [-0.05, 0) is 32.6 Å². The smallest absolute Gasteiger partial charge is 0.0320 e. The highest BCUT2D eigenvalue weighted by Gasteiger charge is 1.91. The molecule has 0 nitrogen and oxygen atoms in total. The van der Waals surface area contributed by atoms with Crippen LogP contribution in [0.5, 0.6) is 0 Å². The lowest BCUT2D eigenvalue weighted by Crippen LogP contribution is -1.80. The van der Waals surface area contributed by atoms with Crippen LogP contribution in [0, 0.1) is 0 Å². The Hall–Kier alpha value is -0.520. The van der Waals surface area contributed by atoms with Gasteiger partial charge in [0.25, 0.3) is 0 Å². The fourth-order valence-corrected chi connectivity index (χ4v) is 2.46. The van der Waals surface area contributed by atoms with Gasteiger partial charge in [-0.3, -0.25) is 0 Å². The van der Waals surface area contributed by atoms with Crippen LogP contribution in [-0.2, 0) is 0 Å². The first-order chi connectivity index (χ1) is 9.81. The quantitative estimate of drug-likeness (QED) is 0.227. The van der Waals surface area contributed by atoms with Crippen LogP contribution in [0.3, 0.4) is 0 Å². The minimum atomic E-state index is 1.26. The molecular weight excluding hydrogens is 240 g/mol. The van der Waals surface area contributed by atoms with Crippen LogP contribution >= 0.6 is 0 Å². The largest absolute Gasteiger partial charge is 0.0845 e. The summed E-state index contributed by atoms with van der Waals surface area (Å²) in [5.74, 6) is 0. The molecule has 0 aliphatic heterocycles. The maximum atomic E-state index is 2.35. The molecule has 0 aromatic rings. The first-order valence-corrected chi connectivity index (χ1v) is 9.13. The summed E-state index contributed by atoms with van der Waals surface area (Å²) in [7, 11) is 0. The summed E-state index contributed by atoms with van der Waals surface area (Å²) in [6.45, 7) is 6.81. The van der Waals surface area contributed by atoms with Crippen LogP contribution in [-0.4, -0.2) is 0 Å². The first kappa shape index (κ1) is 19.5. The summed E-state index contributed by atoms with van der Waals surface area (Å²) in [4.78, 5) is 0. The minimum Gasteiger partial charge on any atom is -0.0845 e. The molecule has 0 heterocycles. The van der Waals surface area contributed by atoms with Gasteiger partial charge in [0.05, 0.1) is 0 Å². The van der Waals surface area contributed by atoms with Crippen molar-refractivity contribution in [3.05, 3.63) is 23.8 Å². The first-order valence-electron chi connectivity index (χ1n) is 9.13. The maximum absolute atomic E-state index is 2.35. The molecule has 0 aliphatic carbocycles. The minimum absolute atomic E-state index is 1.26. The normalized spacial score (nSPS) is 12.4. The molecule has 0 unspecified atom stereocenters. The van der Waals surface area contributed by atoms with E-state index < -0.39 is 0 Å². The summed E-state index contributed by atoms with van der Waals surface area (Å²) in [6, 6.07) is 0. The SMILES string of the molecule is CCCCCCCCCC/C=C/C=C(/C)CCCCC. The zero-order valence-corrected chi connectivity index (χ0v) is 14.4. The van der Waals surface area contributed by atoms with Crippen molar-refractivity contribution in [1.29, 1.82) is 0 Å². The van der Waals surface area contributed by atoms with E-state index in [-0.39, 0.29) is 0 Å². The predicted octanol–water partition coefficient (Wildman–Crippen LogP) is 7.60. The fraction of sp³-hybridized carbons (Fsp3) is 0.800. The van der Waals surface area contributed by atoms with Crippen molar-refractivity contribution >= 4 is 0 Å². The Kier molecular flexibility index (Phi) is 16.1. The number of unbranched alkanes of at least 4 members (excludes halogenated alkanes) is 10. The van der Waals surface area contributed by atoms with Gasteiger partial charge in [0.1, 0.15) is 0 Å². The van der Waals surface area contributed by atoms with E-state index in [4.69, 9.17) is 0 Å². The van der Waals surface area contributed by atoms with Gasteiger partial charge < -0.3 is 0 Å². The monoisotopic (exact) mass is 278 g/mol. The van der Waals surface area contributed by atoms with Crippen molar-refractivity contribution < 1.29 is 0 Å². The summed E-state index contributed by atoms with van der Waals surface area (Å²) < 4.78 is 0. The van der Waals surface area contributed by atoms with Crippen molar-refractivity contribution in [3.63, 3.8) is 0 Å². The molecule has 0 radical (unpaired) electrons. The molecule has 0 fully saturated rings. The molecule has 0 spiro atoms. The molecule has 0 aromatic heterocycles. The molecule has 0 bridgehead atoms. The van der Waals surface area contributed by atoms with Gasteiger partial charge in [0.15, 0.2) is 0 Å². The number of allylic oxidation sites excluding steroid dienone is 4. The molecule has 0 atom stereocenters. The molecule has 0 aromatic carbocycles. The summed E-state index contributed by atoms with van der Waals surface area (Å²) in [5, 5.41) is 0. The van der Waals surface area contributed by atoms with E-state index in [1.807, 2.05) is 0 Å². The highest BCUT2D eigenvalue weighted by atomic mass is 14.0. The van der Waals surface area contributed by atoms with Crippen LogP contribution in [0.15, 0.2) is 23.8 Å². The molecule has 0 aliphatic rings. The van der Waals surface area contributed by atoms with Crippen molar-refractivity contribution in [3.8, 4) is 0 Å². The predicted molar refractivity (Wildman–Crippen MR) is 94.3 cm³/mol. The van der Waals surface area contributed by atoms with Gasteiger partial charge in [-0.25, -0.2) is 0 Å². The van der Waals surface area contributed by atoms with Crippen LogP contribution in [0.2, 0.25) is 0 Å². The lowest BCUT2D eigenvalue weighted by molar-refractivity contribution is 0.577. The molecule has 0 N–H and O–H groups in total. The zero-order valence-electron chi connectivity index (χ0n) is 14.4. The van der Waals surface area contributed by atoms with Crippen molar-refractivity contribution in [2.24, 2.45) is 0 Å². The van der Waals surface area contributed by atoms with Gasteiger partial charge in [-0.15, -0.1) is 0 Å². The Balaban J connectivity index is 3.32. The van der Waals surface area contributed by atoms with E-state index in [1.54, 1.807) is 0 Å². The Morgan fingerprint density at radius 2 is 1.25 bits per heavy atom. The van der Waals surface area contributed by atoms with Crippen LogP contribution in [0.4, 0.5) is 0 Å². The third-order valence-electron chi connectivity index (χ3n) is 3.92. The highest BCUT2D eigenvalue weighted by Crippen LogP contribution is 2.10. The van der Waals surface area contributed by atoms with Crippen LogP contribution in [0.25, 0.3) is 0 Å². The van der Waals surface area contributed by atoms with Crippen molar-refractivity contribution in [2.45, 2.75) is 104 Å². The van der Waals surface area contributed by atoms with Crippen molar-refractivity contribution in [1.82, 2.24) is 0 Å². The Bertz CT molecular complexity index is 234. The molecule has 0 saturated heterocycles. The zero-order chi connectivity index (χ0) is 14.9. The van der Waals surface area contributed by atoms with Gasteiger partial charge in [-0.1, -0.05) is 95.4 Å². The Morgan fingerprint density at radius 3 is 1.90 bits per heavy atom. The lowest BCUT2D eigenvalue weighted by atomic mass is 10.1. The van der Waals surface area contributed by atoms with E-state index in [0.717, 1.165) is 0 Å². The van der Waals surface area contributed by atoms with Gasteiger partial charge in [0.2, 0.25) is 0 Å². The molecule has 20 heavy (non-hydrogen) atoms. The Morgan fingerprint density at radius 1 is 0.700 bits per heavy atom. The second-order valence-corrected chi connectivity index (χ2v) is 6.16. The third kappa shape index (κ3) is 15.5. The second kappa shape index (κ2) is 16.5. The number of rotatable bonds is 14. The lowest BCUT2D eigenvalue weighted by Gasteiger charge is -2.00. The van der Waals surface area contributed by atoms with Crippen molar-refractivity contribution in [2.75, 3.05) is 0 Å². The average Bonchev–Trinajstić information content (AvgIpc) is 2.45. The van der Waals surface area contributed by atoms with E-state index in [2.05, 4.69) is 39.0 Å².